The molecule has 0 aliphatic rings. The van der Waals surface area contributed by atoms with Gasteiger partial charge in [0.2, 0.25) is 0 Å². The Kier molecular flexibility index (Phi) is 6.07. The average Bonchev–Trinajstić information content (AvgIpc) is 1.97. The van der Waals surface area contributed by atoms with Gasteiger partial charge in [0.25, 0.3) is 0 Å². The molecule has 0 saturated heterocycles. The smallest absolute Gasteiger partial charge is 0.129 e. The number of carbonyl (C=O) groups is 1. The number of rotatable bonds is 6. The lowest BCUT2D eigenvalue weighted by atomic mass is 10.1. The highest BCUT2D eigenvalue weighted by atomic mass is 16.1. The standard InChI is InChI=1S/C8H18N2O/c1-7(11)3-4-8(9)5-6-10-2/h8,10H,3-6,9H2,1-2H3/t8-/m0/s1. The molecule has 1 atom stereocenters. The van der Waals surface area contributed by atoms with E-state index in [2.05, 4.69) is 5.32 Å². The van der Waals surface area contributed by atoms with Crippen LogP contribution in [0.4, 0.5) is 0 Å². The molecule has 0 aliphatic heterocycles. The van der Waals surface area contributed by atoms with E-state index >= 15 is 0 Å². The van der Waals surface area contributed by atoms with Crippen molar-refractivity contribution in [3.63, 3.8) is 0 Å². The van der Waals surface area contributed by atoms with E-state index in [1.54, 1.807) is 6.92 Å². The second-order valence-corrected chi connectivity index (χ2v) is 2.89. The molecule has 3 heteroatoms. The summed E-state index contributed by atoms with van der Waals surface area (Å²) in [4.78, 5) is 10.6. The first-order chi connectivity index (χ1) is 5.16. The Balaban J connectivity index is 3.22. The first kappa shape index (κ1) is 10.6. The van der Waals surface area contributed by atoms with Crippen LogP contribution in [0.2, 0.25) is 0 Å². The predicted molar refractivity (Wildman–Crippen MR) is 46.4 cm³/mol. The second kappa shape index (κ2) is 6.31. The zero-order valence-corrected chi connectivity index (χ0v) is 7.39. The van der Waals surface area contributed by atoms with Crippen molar-refractivity contribution < 1.29 is 4.79 Å². The normalized spacial score (nSPS) is 13.0. The Hall–Kier alpha value is -0.410. The SMILES string of the molecule is CNCC[C@@H](N)CCC(C)=O. The molecule has 0 heterocycles. The third kappa shape index (κ3) is 7.49. The fourth-order valence-corrected chi connectivity index (χ4v) is 0.863. The third-order valence-electron chi connectivity index (χ3n) is 1.63. The van der Waals surface area contributed by atoms with Gasteiger partial charge in [-0.05, 0) is 33.4 Å². The van der Waals surface area contributed by atoms with Crippen LogP contribution in [0.1, 0.15) is 26.2 Å². The van der Waals surface area contributed by atoms with E-state index < -0.39 is 0 Å². The third-order valence-corrected chi connectivity index (χ3v) is 1.63. The van der Waals surface area contributed by atoms with Crippen LogP contribution < -0.4 is 11.1 Å². The molecule has 0 bridgehead atoms. The summed E-state index contributed by atoms with van der Waals surface area (Å²) in [5.74, 6) is 0.227. The number of hydrogen-bond donors (Lipinski definition) is 2. The summed E-state index contributed by atoms with van der Waals surface area (Å²) in [5, 5.41) is 3.02. The summed E-state index contributed by atoms with van der Waals surface area (Å²) in [6.07, 6.45) is 2.38. The van der Waals surface area contributed by atoms with Crippen LogP contribution in [0.25, 0.3) is 0 Å². The van der Waals surface area contributed by atoms with Gasteiger partial charge in [-0.1, -0.05) is 0 Å². The van der Waals surface area contributed by atoms with Gasteiger partial charge in [-0.2, -0.15) is 0 Å². The van der Waals surface area contributed by atoms with Gasteiger partial charge in [-0.25, -0.2) is 0 Å². The fraction of sp³-hybridized carbons (Fsp3) is 0.875. The van der Waals surface area contributed by atoms with E-state index in [0.717, 1.165) is 19.4 Å². The summed E-state index contributed by atoms with van der Waals surface area (Å²) in [7, 11) is 1.90. The lowest BCUT2D eigenvalue weighted by molar-refractivity contribution is -0.117. The molecule has 0 fully saturated rings. The maximum Gasteiger partial charge on any atom is 0.129 e. The van der Waals surface area contributed by atoms with E-state index in [0.29, 0.717) is 6.42 Å². The molecule has 0 aromatic rings. The summed E-state index contributed by atoms with van der Waals surface area (Å²) in [6.45, 7) is 2.53. The highest BCUT2D eigenvalue weighted by molar-refractivity contribution is 5.75. The van der Waals surface area contributed by atoms with Gasteiger partial charge < -0.3 is 15.8 Å². The van der Waals surface area contributed by atoms with Crippen molar-refractivity contribution in [1.82, 2.24) is 5.32 Å². The monoisotopic (exact) mass is 158 g/mol. The minimum absolute atomic E-state index is 0.173. The number of ketones is 1. The van der Waals surface area contributed by atoms with E-state index in [1.165, 1.54) is 0 Å². The molecule has 3 N–H and O–H groups in total. The Labute approximate surface area is 68.3 Å². The largest absolute Gasteiger partial charge is 0.328 e. The number of carbonyl (C=O) groups excluding carboxylic acids is 1. The number of Topliss-reactive ketones (excluding diaryl/α,β-unsaturated/α-hetero) is 1. The average molecular weight is 158 g/mol. The highest BCUT2D eigenvalue weighted by Gasteiger charge is 2.02. The van der Waals surface area contributed by atoms with Crippen molar-refractivity contribution >= 4 is 5.78 Å². The molecule has 0 amide bonds. The zero-order valence-electron chi connectivity index (χ0n) is 7.39. The molecule has 3 nitrogen and oxygen atoms in total. The van der Waals surface area contributed by atoms with Crippen LogP contribution in [0, 0.1) is 0 Å². The molecule has 0 unspecified atom stereocenters. The van der Waals surface area contributed by atoms with Gasteiger partial charge in [0, 0.05) is 12.5 Å². The van der Waals surface area contributed by atoms with Crippen LogP contribution in [0.15, 0.2) is 0 Å². The van der Waals surface area contributed by atoms with Crippen molar-refractivity contribution in [2.45, 2.75) is 32.2 Å². The fourth-order valence-electron chi connectivity index (χ4n) is 0.863. The molecule has 66 valence electrons. The molecule has 0 aromatic carbocycles. The van der Waals surface area contributed by atoms with Crippen LogP contribution in [-0.4, -0.2) is 25.4 Å². The summed E-state index contributed by atoms with van der Waals surface area (Å²) in [5.41, 5.74) is 5.72. The molecule has 11 heavy (non-hydrogen) atoms. The summed E-state index contributed by atoms with van der Waals surface area (Å²) >= 11 is 0. The Morgan fingerprint density at radius 3 is 2.64 bits per heavy atom. The van der Waals surface area contributed by atoms with E-state index in [9.17, 15) is 4.79 Å². The highest BCUT2D eigenvalue weighted by Crippen LogP contribution is 1.98. The maximum absolute atomic E-state index is 10.6. The van der Waals surface area contributed by atoms with Crippen molar-refractivity contribution in [2.24, 2.45) is 5.73 Å². The van der Waals surface area contributed by atoms with Crippen LogP contribution in [-0.2, 0) is 4.79 Å². The predicted octanol–water partition coefficient (Wildman–Crippen LogP) is 0.292. The van der Waals surface area contributed by atoms with E-state index in [1.807, 2.05) is 7.05 Å². The van der Waals surface area contributed by atoms with Crippen molar-refractivity contribution in [3.05, 3.63) is 0 Å². The van der Waals surface area contributed by atoms with Gasteiger partial charge in [0.1, 0.15) is 5.78 Å². The number of hydrogen-bond acceptors (Lipinski definition) is 3. The summed E-state index contributed by atoms with van der Waals surface area (Å²) in [6, 6.07) is 0.173. The Bertz CT molecular complexity index is 115. The van der Waals surface area contributed by atoms with Gasteiger partial charge in [-0.15, -0.1) is 0 Å². The minimum atomic E-state index is 0.173. The molecule has 0 aromatic heterocycles. The second-order valence-electron chi connectivity index (χ2n) is 2.89. The molecular formula is C8H18N2O. The lowest BCUT2D eigenvalue weighted by Gasteiger charge is -2.08. The molecule has 0 radical (unpaired) electrons. The summed E-state index contributed by atoms with van der Waals surface area (Å²) < 4.78 is 0. The maximum atomic E-state index is 10.6. The van der Waals surface area contributed by atoms with Crippen LogP contribution >= 0.6 is 0 Å². The molecular weight excluding hydrogens is 140 g/mol. The topological polar surface area (TPSA) is 55.1 Å². The molecule has 0 spiro atoms. The van der Waals surface area contributed by atoms with Gasteiger partial charge in [0.15, 0.2) is 0 Å². The van der Waals surface area contributed by atoms with E-state index in [4.69, 9.17) is 5.73 Å². The van der Waals surface area contributed by atoms with E-state index in [-0.39, 0.29) is 11.8 Å². The molecule has 0 aliphatic carbocycles. The first-order valence-electron chi connectivity index (χ1n) is 4.06. The minimum Gasteiger partial charge on any atom is -0.328 e. The lowest BCUT2D eigenvalue weighted by Crippen LogP contribution is -2.25. The number of nitrogens with two attached hydrogens (primary N) is 1. The molecule has 0 rings (SSSR count). The van der Waals surface area contributed by atoms with Gasteiger partial charge >= 0.3 is 0 Å². The zero-order chi connectivity index (χ0) is 8.69. The van der Waals surface area contributed by atoms with Crippen molar-refractivity contribution in [2.75, 3.05) is 13.6 Å². The van der Waals surface area contributed by atoms with Crippen LogP contribution in [0.5, 0.6) is 0 Å². The molecule has 0 saturated carbocycles. The Morgan fingerprint density at radius 2 is 2.18 bits per heavy atom. The first-order valence-corrected chi connectivity index (χ1v) is 4.06. The van der Waals surface area contributed by atoms with Crippen molar-refractivity contribution in [3.8, 4) is 0 Å². The Morgan fingerprint density at radius 1 is 1.55 bits per heavy atom. The van der Waals surface area contributed by atoms with Crippen molar-refractivity contribution in [1.29, 1.82) is 0 Å². The number of nitrogens with one attached hydrogen (secondary N) is 1. The van der Waals surface area contributed by atoms with Crippen LogP contribution in [0.3, 0.4) is 0 Å². The van der Waals surface area contributed by atoms with Gasteiger partial charge in [0.05, 0.1) is 0 Å². The van der Waals surface area contributed by atoms with Gasteiger partial charge in [-0.3, -0.25) is 0 Å². The quantitative estimate of drug-likeness (QED) is 0.584.